The van der Waals surface area contributed by atoms with E-state index in [0.717, 1.165) is 57.2 Å². The van der Waals surface area contributed by atoms with E-state index in [1.165, 1.54) is 12.1 Å². The number of likely N-dealkylation sites (tertiary alicyclic amines) is 1. The summed E-state index contributed by atoms with van der Waals surface area (Å²) in [6, 6.07) is 6.03. The number of nitrogens with zero attached hydrogens (tertiary/aromatic N) is 3. The molecule has 1 saturated carbocycles. The number of rotatable bonds is 3. The molecule has 25 heavy (non-hydrogen) atoms. The molecular formula is C19H22FN3O2. The highest BCUT2D eigenvalue weighted by Gasteiger charge is 2.38. The third kappa shape index (κ3) is 3.30. The highest BCUT2D eigenvalue weighted by molar-refractivity contribution is 5.80. The molecule has 2 atom stereocenters. The molecule has 1 saturated heterocycles. The molecule has 1 aliphatic carbocycles. The van der Waals surface area contributed by atoms with Crippen molar-refractivity contribution in [1.29, 1.82) is 0 Å². The molecule has 1 amide bonds. The summed E-state index contributed by atoms with van der Waals surface area (Å²) in [4.78, 5) is 19.4. The van der Waals surface area contributed by atoms with Crippen LogP contribution in [0.3, 0.4) is 0 Å². The Kier molecular flexibility index (Phi) is 4.51. The van der Waals surface area contributed by atoms with Gasteiger partial charge in [-0.3, -0.25) is 4.79 Å². The first-order valence-corrected chi connectivity index (χ1v) is 9.11. The number of carbonyl (C=O) groups is 1. The largest absolute Gasteiger partial charge is 0.342 e. The summed E-state index contributed by atoms with van der Waals surface area (Å²) in [6.45, 7) is 1.74. The van der Waals surface area contributed by atoms with Crippen LogP contribution in [-0.2, 0) is 4.79 Å². The summed E-state index contributed by atoms with van der Waals surface area (Å²) < 4.78 is 18.6. The van der Waals surface area contributed by atoms with Gasteiger partial charge in [0.25, 0.3) is 0 Å². The molecule has 0 spiro atoms. The molecule has 1 aliphatic heterocycles. The Balaban J connectivity index is 1.56. The Morgan fingerprint density at radius 3 is 2.56 bits per heavy atom. The smallest absolute Gasteiger partial charge is 0.230 e. The molecule has 2 aliphatic rings. The summed E-state index contributed by atoms with van der Waals surface area (Å²) in [6.07, 6.45) is 6.11. The molecule has 6 heteroatoms. The van der Waals surface area contributed by atoms with Gasteiger partial charge in [-0.25, -0.2) is 4.39 Å². The van der Waals surface area contributed by atoms with E-state index in [9.17, 15) is 9.18 Å². The second kappa shape index (κ2) is 6.94. The first-order valence-electron chi connectivity index (χ1n) is 9.11. The van der Waals surface area contributed by atoms with Crippen LogP contribution in [0.25, 0.3) is 11.4 Å². The van der Waals surface area contributed by atoms with E-state index in [4.69, 9.17) is 4.52 Å². The normalized spacial score (nSPS) is 23.8. The van der Waals surface area contributed by atoms with Crippen LogP contribution in [0.2, 0.25) is 0 Å². The maximum atomic E-state index is 13.1. The molecule has 0 unspecified atom stereocenters. The fourth-order valence-corrected chi connectivity index (χ4v) is 4.00. The Labute approximate surface area is 146 Å². The van der Waals surface area contributed by atoms with Crippen molar-refractivity contribution in [3.05, 3.63) is 36.0 Å². The summed E-state index contributed by atoms with van der Waals surface area (Å²) in [7, 11) is 0. The average Bonchev–Trinajstić information content (AvgIpc) is 3.34. The third-order valence-corrected chi connectivity index (χ3v) is 5.36. The molecular weight excluding hydrogens is 321 g/mol. The van der Waals surface area contributed by atoms with E-state index in [0.29, 0.717) is 11.7 Å². The second-order valence-electron chi connectivity index (χ2n) is 6.99. The van der Waals surface area contributed by atoms with Gasteiger partial charge in [-0.15, -0.1) is 0 Å². The molecule has 0 radical (unpaired) electrons. The fourth-order valence-electron chi connectivity index (χ4n) is 4.00. The van der Waals surface area contributed by atoms with Gasteiger partial charge in [0.1, 0.15) is 5.82 Å². The standard InChI is InChI=1S/C19H22FN3O2/c20-14-9-7-13(8-10-14)17-21-18(25-22-17)15-5-1-2-6-16(15)19(24)23-11-3-4-12-23/h7-10,15-16H,1-6,11-12H2/t15-,16-/m0/s1. The quantitative estimate of drug-likeness (QED) is 0.851. The number of aromatic nitrogens is 2. The lowest BCUT2D eigenvalue weighted by Crippen LogP contribution is -2.38. The minimum atomic E-state index is -0.295. The van der Waals surface area contributed by atoms with Gasteiger partial charge in [0.05, 0.1) is 5.92 Å². The Bertz CT molecular complexity index is 737. The number of halogens is 1. The van der Waals surface area contributed by atoms with Crippen molar-refractivity contribution >= 4 is 5.91 Å². The van der Waals surface area contributed by atoms with Crippen LogP contribution >= 0.6 is 0 Å². The molecule has 0 N–H and O–H groups in total. The minimum absolute atomic E-state index is 0.0106. The lowest BCUT2D eigenvalue weighted by atomic mass is 9.78. The monoisotopic (exact) mass is 343 g/mol. The highest BCUT2D eigenvalue weighted by atomic mass is 19.1. The van der Waals surface area contributed by atoms with Gasteiger partial charge >= 0.3 is 0 Å². The van der Waals surface area contributed by atoms with E-state index in [-0.39, 0.29) is 23.6 Å². The number of hydrogen-bond donors (Lipinski definition) is 0. The first-order chi connectivity index (χ1) is 12.2. The van der Waals surface area contributed by atoms with Gasteiger partial charge in [0, 0.05) is 24.6 Å². The van der Waals surface area contributed by atoms with Gasteiger partial charge < -0.3 is 9.42 Å². The molecule has 5 nitrogen and oxygen atoms in total. The maximum Gasteiger partial charge on any atom is 0.230 e. The van der Waals surface area contributed by atoms with Crippen LogP contribution in [-0.4, -0.2) is 34.0 Å². The summed E-state index contributed by atoms with van der Waals surface area (Å²) in [5, 5.41) is 4.05. The zero-order chi connectivity index (χ0) is 17.2. The van der Waals surface area contributed by atoms with Gasteiger partial charge in [-0.2, -0.15) is 4.98 Å². The molecule has 0 bridgehead atoms. The van der Waals surface area contributed by atoms with Crippen molar-refractivity contribution in [2.45, 2.75) is 44.4 Å². The highest BCUT2D eigenvalue weighted by Crippen LogP contribution is 2.39. The lowest BCUT2D eigenvalue weighted by molar-refractivity contribution is -0.136. The van der Waals surface area contributed by atoms with Crippen molar-refractivity contribution in [2.75, 3.05) is 13.1 Å². The zero-order valence-corrected chi connectivity index (χ0v) is 14.2. The second-order valence-corrected chi connectivity index (χ2v) is 6.99. The average molecular weight is 343 g/mol. The first kappa shape index (κ1) is 16.2. The maximum absolute atomic E-state index is 13.1. The summed E-state index contributed by atoms with van der Waals surface area (Å²) in [5.74, 6) is 0.862. The van der Waals surface area contributed by atoms with Crippen LogP contribution in [0.5, 0.6) is 0 Å². The van der Waals surface area contributed by atoms with Crippen molar-refractivity contribution < 1.29 is 13.7 Å². The van der Waals surface area contributed by atoms with Crippen molar-refractivity contribution in [1.82, 2.24) is 15.0 Å². The summed E-state index contributed by atoms with van der Waals surface area (Å²) >= 11 is 0. The van der Waals surface area contributed by atoms with Gasteiger partial charge in [0.15, 0.2) is 0 Å². The zero-order valence-electron chi connectivity index (χ0n) is 14.2. The van der Waals surface area contributed by atoms with Crippen molar-refractivity contribution in [2.24, 2.45) is 5.92 Å². The molecule has 2 aromatic rings. The molecule has 2 heterocycles. The van der Waals surface area contributed by atoms with E-state index >= 15 is 0 Å². The predicted octanol–water partition coefficient (Wildman–Crippen LogP) is 3.77. The molecule has 4 rings (SSSR count). The van der Waals surface area contributed by atoms with Crippen LogP contribution < -0.4 is 0 Å². The van der Waals surface area contributed by atoms with Crippen LogP contribution in [0.4, 0.5) is 4.39 Å². The van der Waals surface area contributed by atoms with E-state index in [1.807, 2.05) is 4.90 Å². The predicted molar refractivity (Wildman–Crippen MR) is 90.2 cm³/mol. The van der Waals surface area contributed by atoms with E-state index < -0.39 is 0 Å². The van der Waals surface area contributed by atoms with Crippen LogP contribution in [0, 0.1) is 11.7 Å². The third-order valence-electron chi connectivity index (χ3n) is 5.36. The van der Waals surface area contributed by atoms with Crippen molar-refractivity contribution in [3.8, 4) is 11.4 Å². The molecule has 1 aromatic heterocycles. The Hall–Kier alpha value is -2.24. The number of benzene rings is 1. The SMILES string of the molecule is O=C([C@H]1CCCC[C@@H]1c1nc(-c2ccc(F)cc2)no1)N1CCCC1. The number of carbonyl (C=O) groups excluding carboxylic acids is 1. The number of hydrogen-bond acceptors (Lipinski definition) is 4. The molecule has 1 aromatic carbocycles. The number of amides is 1. The van der Waals surface area contributed by atoms with E-state index in [2.05, 4.69) is 10.1 Å². The van der Waals surface area contributed by atoms with Crippen molar-refractivity contribution in [3.63, 3.8) is 0 Å². The minimum Gasteiger partial charge on any atom is -0.342 e. The van der Waals surface area contributed by atoms with Crippen LogP contribution in [0.15, 0.2) is 28.8 Å². The van der Waals surface area contributed by atoms with Gasteiger partial charge in [0.2, 0.25) is 17.6 Å². The van der Waals surface area contributed by atoms with E-state index in [1.54, 1.807) is 12.1 Å². The Morgan fingerprint density at radius 2 is 1.80 bits per heavy atom. The molecule has 132 valence electrons. The topological polar surface area (TPSA) is 59.2 Å². The van der Waals surface area contributed by atoms with Gasteiger partial charge in [-0.05, 0) is 49.9 Å². The van der Waals surface area contributed by atoms with Gasteiger partial charge in [-0.1, -0.05) is 18.0 Å². The Morgan fingerprint density at radius 1 is 1.08 bits per heavy atom. The fraction of sp³-hybridized carbons (Fsp3) is 0.526. The lowest BCUT2D eigenvalue weighted by Gasteiger charge is -2.31. The summed E-state index contributed by atoms with van der Waals surface area (Å²) in [5.41, 5.74) is 0.717. The van der Waals surface area contributed by atoms with Crippen LogP contribution in [0.1, 0.15) is 50.3 Å². The molecule has 2 fully saturated rings.